The molecule has 1 aromatic rings. The summed E-state index contributed by atoms with van der Waals surface area (Å²) in [5, 5.41) is 3.34. The Bertz CT molecular complexity index is 3500. The van der Waals surface area contributed by atoms with Gasteiger partial charge in [0.2, 0.25) is 0 Å². The molecule has 27 heteroatoms. The zero-order valence-electron chi connectivity index (χ0n) is 70.4. The fourth-order valence-corrected chi connectivity index (χ4v) is 22.9. The minimum atomic E-state index is -0.691. The van der Waals surface area contributed by atoms with E-state index in [-0.39, 0.29) is 175 Å². The number of rotatable bonds is 19. The van der Waals surface area contributed by atoms with E-state index in [0.29, 0.717) is 66.5 Å². The van der Waals surface area contributed by atoms with Crippen molar-refractivity contribution in [1.29, 1.82) is 0 Å². The molecular formula is C85H135N5O21S. The van der Waals surface area contributed by atoms with Gasteiger partial charge < -0.3 is 100 Å². The number of allylic oxidation sites excluding steroid dienone is 4. The predicted molar refractivity (Wildman–Crippen MR) is 417 cm³/mol. The quantitative estimate of drug-likeness (QED) is 0.0962. The molecular weight excluding hydrogens is 1460 g/mol. The third-order valence-corrected chi connectivity index (χ3v) is 28.8. The number of likely N-dealkylation sites (N-methyl/N-ethyl adjacent to an activating group) is 3. The number of aromatic nitrogens is 2. The number of esters is 2. The van der Waals surface area contributed by atoms with Crippen molar-refractivity contribution in [1.82, 2.24) is 24.7 Å². The Morgan fingerprint density at radius 2 is 0.938 bits per heavy atom. The highest BCUT2D eigenvalue weighted by atomic mass is 32.1. The number of ketones is 3. The second kappa shape index (κ2) is 38.1. The van der Waals surface area contributed by atoms with Crippen LogP contribution in [-0.4, -0.2) is 267 Å². The summed E-state index contributed by atoms with van der Waals surface area (Å²) in [5.41, 5.74) is 3.43. The molecule has 0 amide bonds. The molecule has 13 rings (SSSR count). The van der Waals surface area contributed by atoms with Crippen LogP contribution in [0.4, 0.5) is 0 Å². The van der Waals surface area contributed by atoms with Crippen molar-refractivity contribution in [3.8, 4) is 0 Å². The van der Waals surface area contributed by atoms with Gasteiger partial charge in [-0.1, -0.05) is 39.8 Å². The van der Waals surface area contributed by atoms with Gasteiger partial charge in [-0.3, -0.25) is 24.0 Å². The Morgan fingerprint density at radius 1 is 0.509 bits per heavy atom. The van der Waals surface area contributed by atoms with Crippen molar-refractivity contribution in [2.75, 3.05) is 77.9 Å². The van der Waals surface area contributed by atoms with Crippen LogP contribution in [0.25, 0.3) is 0 Å². The first kappa shape index (κ1) is 87.5. The Morgan fingerprint density at radius 3 is 1.37 bits per heavy atom. The summed E-state index contributed by atoms with van der Waals surface area (Å²) in [6.07, 6.45) is 9.68. The fourth-order valence-electron chi connectivity index (χ4n) is 22.7. The summed E-state index contributed by atoms with van der Waals surface area (Å²) in [4.78, 5) is 79.9. The van der Waals surface area contributed by atoms with E-state index in [9.17, 15) is 19.2 Å². The van der Waals surface area contributed by atoms with Gasteiger partial charge in [0, 0.05) is 115 Å². The second-order valence-electron chi connectivity index (χ2n) is 35.0. The highest BCUT2D eigenvalue weighted by Crippen LogP contribution is 2.62. The normalized spacial score (nSPS) is 44.1. The molecule has 7 unspecified atom stereocenters. The lowest BCUT2D eigenvalue weighted by Crippen LogP contribution is -2.59. The first-order chi connectivity index (χ1) is 53.6. The molecule has 632 valence electrons. The Balaban J connectivity index is 0.000000208. The van der Waals surface area contributed by atoms with Crippen molar-refractivity contribution in [3.05, 3.63) is 39.5 Å². The van der Waals surface area contributed by atoms with Crippen LogP contribution in [0.5, 0.6) is 0 Å². The average molecular weight is 1600 g/mol. The van der Waals surface area contributed by atoms with Crippen LogP contribution in [0.15, 0.2) is 23.3 Å². The second-order valence-corrected chi connectivity index (χ2v) is 35.4. The summed E-state index contributed by atoms with van der Waals surface area (Å²) in [6.45, 7) is 16.1. The highest BCUT2D eigenvalue weighted by Gasteiger charge is 2.62. The lowest BCUT2D eigenvalue weighted by molar-refractivity contribution is -0.314. The van der Waals surface area contributed by atoms with E-state index >= 15 is 4.79 Å². The van der Waals surface area contributed by atoms with Crippen molar-refractivity contribution >= 4 is 41.5 Å². The lowest BCUT2D eigenvalue weighted by atomic mass is 9.63. The molecule has 6 aliphatic heterocycles. The number of aromatic amines is 1. The van der Waals surface area contributed by atoms with E-state index in [0.717, 1.165) is 75.6 Å². The Kier molecular flexibility index (Phi) is 29.7. The number of cyclic esters (lactones) is 2. The maximum absolute atomic E-state index is 15.0. The number of fused-ring (bicyclic) bond motifs is 13. The number of hydrogen-bond donors (Lipinski definition) is 2. The number of ether oxygens (including phenoxy) is 16. The van der Waals surface area contributed by atoms with Crippen molar-refractivity contribution in [2.45, 2.75) is 324 Å². The summed E-state index contributed by atoms with van der Waals surface area (Å²) in [6, 6.07) is 0.178. The number of methoxy groups -OCH3 is 6. The standard InChI is InChI=1S/C43H67N3O10S.C42H68N2O11/c1-11-24-13-12-14-32(56-34-16-15-31(45(5)6)22(3)52-34)21(2)38(48)30-19-27-26-17-25(55-42-41(51-10)40(50-9)39(49-8)23(4)53-42)18-29(26)37-36(44-43(57)46(37)7)35(27)28(30)20-33(47)54-24;1-11-24-13-12-14-32(55-34-16-15-31(44(6)7)22(3)51-34)21(2)37(46)30-19-27-26-17-25(54-42-41(50-10)40(49-9)39(48-8)23(4)52-42)18-29(26)36(43-5)38(47)35(27)28(30)20-33(45)53-24/h19,21-29,31-32,34-35,39-42H,11-18,20H2,1-10H3,(H,44,57);19,21-29,31-32,34-36,39-43H,11-18,20H2,1-10H3/t21-,22?,23?,24+,25+,26+,27+,28-,29-,31+,32+,34+,35-,39+,40?,41+,42+;21-,22?,23?,24+,25+,26+,27+,28-,29-,31+,32+,34+,35-,36?,39+,40?,41+,42+/m11/s1. The minimum absolute atomic E-state index is 0.00429. The van der Waals surface area contributed by atoms with Crippen molar-refractivity contribution < 1.29 is 99.8 Å². The van der Waals surface area contributed by atoms with Crippen LogP contribution in [0.1, 0.15) is 194 Å². The SMILES string of the molecule is CC[C@H]1CCC[C@H](O[C@H]2CC[C@H](N(C)C)C(C)O2)[C@@H](C)C(=O)C2=C[C@H]3[C@@H]4C[C@H](O[C@@H]5OC(C)[C@H](OC)C(OC)[C@@H]5OC)C[C@H]4C(NC)C(=O)[C@H]3[C@@H]2CC(=O)O1.CC[C@H]1CCC[C@H](O[C@H]2CC[C@H](N(C)C)C(C)O2)[C@@H](C)C(=O)C2=C[C@H]3[C@@H]4C[C@H](O[C@@H]5OC(C)[C@H](OC)C(OC)[C@@H]5OC)C[C@H]4c4c([nH]c(=S)n4C)[C@H]3[C@@H]2CC(=O)O1. The number of nitrogens with one attached hydrogen (secondary N) is 2. The molecule has 26 nitrogen and oxygen atoms in total. The number of carbonyl (C=O) groups is 5. The molecule has 12 aliphatic rings. The molecule has 112 heavy (non-hydrogen) atoms. The van der Waals surface area contributed by atoms with Gasteiger partial charge in [0.15, 0.2) is 47.3 Å². The van der Waals surface area contributed by atoms with E-state index in [1.807, 2.05) is 54.8 Å². The maximum Gasteiger partial charge on any atom is 0.306 e. The van der Waals surface area contributed by atoms with E-state index in [2.05, 4.69) is 79.7 Å². The first-order valence-corrected chi connectivity index (χ1v) is 42.7. The van der Waals surface area contributed by atoms with Crippen LogP contribution in [0, 0.1) is 64.0 Å². The van der Waals surface area contributed by atoms with Crippen molar-refractivity contribution in [2.24, 2.45) is 66.2 Å². The van der Waals surface area contributed by atoms with Crippen LogP contribution >= 0.6 is 12.2 Å². The summed E-state index contributed by atoms with van der Waals surface area (Å²) in [5.74, 6) is -3.05. The fraction of sp³-hybridized carbons (Fsp3) is 0.859. The number of imidazole rings is 1. The Hall–Kier alpha value is -3.82. The van der Waals surface area contributed by atoms with Gasteiger partial charge in [-0.05, 0) is 219 Å². The van der Waals surface area contributed by atoms with E-state index in [1.54, 1.807) is 42.7 Å². The van der Waals surface area contributed by atoms with Crippen LogP contribution in [0.2, 0.25) is 0 Å². The number of hydrogen-bond acceptors (Lipinski definition) is 25. The monoisotopic (exact) mass is 1590 g/mol. The number of carbonyl (C=O) groups excluding carboxylic acids is 5. The molecule has 0 radical (unpaired) electrons. The molecule has 3 saturated carbocycles. The van der Waals surface area contributed by atoms with Crippen molar-refractivity contribution in [3.63, 3.8) is 0 Å². The molecule has 1 aromatic heterocycles. The smallest absolute Gasteiger partial charge is 0.306 e. The van der Waals surface area contributed by atoms with E-state index in [4.69, 9.17) is 88.0 Å². The van der Waals surface area contributed by atoms with Gasteiger partial charge in [-0.2, -0.15) is 0 Å². The Labute approximate surface area is 670 Å². The summed E-state index contributed by atoms with van der Waals surface area (Å²) >= 11 is 5.89. The largest absolute Gasteiger partial charge is 0.462 e. The van der Waals surface area contributed by atoms with Gasteiger partial charge in [-0.15, -0.1) is 0 Å². The third-order valence-electron chi connectivity index (χ3n) is 28.4. The van der Waals surface area contributed by atoms with E-state index < -0.39 is 66.9 Å². The summed E-state index contributed by atoms with van der Waals surface area (Å²) in [7, 11) is 22.0. The van der Waals surface area contributed by atoms with Crippen LogP contribution in [-0.2, 0) is 107 Å². The highest BCUT2D eigenvalue weighted by molar-refractivity contribution is 7.71. The first-order valence-electron chi connectivity index (χ1n) is 42.3. The molecule has 6 aliphatic carbocycles. The molecule has 6 saturated heterocycles. The van der Waals surface area contributed by atoms with Gasteiger partial charge in [0.05, 0.1) is 67.7 Å². The van der Waals surface area contributed by atoms with Crippen LogP contribution < -0.4 is 5.32 Å². The lowest BCUT2D eigenvalue weighted by Gasteiger charge is -2.44. The van der Waals surface area contributed by atoms with Gasteiger partial charge in [0.1, 0.15) is 48.8 Å². The molecule has 2 N–H and O–H groups in total. The predicted octanol–water partition coefficient (Wildman–Crippen LogP) is 10.1. The summed E-state index contributed by atoms with van der Waals surface area (Å²) < 4.78 is 102. The molecule has 0 bridgehead atoms. The molecule has 35 atom stereocenters. The average Bonchev–Trinajstić information content (AvgIpc) is 1.55. The number of nitrogens with zero attached hydrogens (tertiary/aromatic N) is 3. The zero-order valence-corrected chi connectivity index (χ0v) is 71.2. The van der Waals surface area contributed by atoms with Gasteiger partial charge in [0.25, 0.3) is 0 Å². The zero-order chi connectivity index (χ0) is 80.6. The molecule has 0 spiro atoms. The number of Topliss-reactive ketones (excluding diaryl/α,β-unsaturated/α-hetero) is 3. The van der Waals surface area contributed by atoms with Crippen LogP contribution in [0.3, 0.4) is 0 Å². The minimum Gasteiger partial charge on any atom is -0.462 e. The maximum atomic E-state index is 15.0. The molecule has 0 aromatic carbocycles. The van der Waals surface area contributed by atoms with E-state index in [1.165, 1.54) is 0 Å². The third kappa shape index (κ3) is 17.9. The van der Waals surface area contributed by atoms with Gasteiger partial charge in [-0.25, -0.2) is 0 Å². The number of H-pyrrole nitrogens is 1. The van der Waals surface area contributed by atoms with Gasteiger partial charge >= 0.3 is 11.9 Å². The molecule has 7 heterocycles. The molecule has 9 fully saturated rings. The topological polar surface area (TPSA) is 272 Å².